The molecule has 0 unspecified atom stereocenters. The van der Waals surface area contributed by atoms with Crippen molar-refractivity contribution in [2.75, 3.05) is 25.0 Å². The number of nitrogens with one attached hydrogen (secondary N) is 2. The van der Waals surface area contributed by atoms with Crippen molar-refractivity contribution in [2.45, 2.75) is 45.6 Å². The molecule has 23 heavy (non-hydrogen) atoms. The highest BCUT2D eigenvalue weighted by Crippen LogP contribution is 2.13. The maximum atomic E-state index is 12.2. The molecule has 0 bridgehead atoms. The number of likely N-dealkylation sites (tertiary alicyclic amines) is 1. The summed E-state index contributed by atoms with van der Waals surface area (Å²) in [6, 6.07) is 7.81. The zero-order chi connectivity index (χ0) is 16.5. The summed E-state index contributed by atoms with van der Waals surface area (Å²) in [4.78, 5) is 26.0. The summed E-state index contributed by atoms with van der Waals surface area (Å²) in [5.74, 6) is -0.0275. The molecule has 1 fully saturated rings. The first-order valence-electron chi connectivity index (χ1n) is 8.56. The fourth-order valence-electron chi connectivity index (χ4n) is 2.78. The first-order chi connectivity index (χ1) is 11.2. The van der Waals surface area contributed by atoms with Gasteiger partial charge in [-0.05, 0) is 37.1 Å². The van der Waals surface area contributed by atoms with Crippen LogP contribution in [0.1, 0.15) is 44.6 Å². The number of anilines is 1. The van der Waals surface area contributed by atoms with Gasteiger partial charge in [0, 0.05) is 25.2 Å². The normalized spacial score (nSPS) is 15.9. The predicted octanol–water partition coefficient (Wildman–Crippen LogP) is 2.53. The van der Waals surface area contributed by atoms with E-state index in [1.54, 1.807) is 4.90 Å². The molecule has 0 atom stereocenters. The van der Waals surface area contributed by atoms with Crippen LogP contribution >= 0.6 is 0 Å². The molecule has 1 heterocycles. The number of hydrogen-bond donors (Lipinski definition) is 2. The zero-order valence-electron chi connectivity index (χ0n) is 13.9. The van der Waals surface area contributed by atoms with Crippen LogP contribution in [0.15, 0.2) is 24.3 Å². The van der Waals surface area contributed by atoms with Gasteiger partial charge in [-0.1, -0.05) is 31.9 Å². The molecule has 1 aliphatic rings. The van der Waals surface area contributed by atoms with Crippen LogP contribution in [0.2, 0.25) is 0 Å². The second-order valence-electron chi connectivity index (χ2n) is 6.01. The predicted molar refractivity (Wildman–Crippen MR) is 92.1 cm³/mol. The van der Waals surface area contributed by atoms with E-state index in [2.05, 4.69) is 17.6 Å². The second kappa shape index (κ2) is 9.30. The lowest BCUT2D eigenvalue weighted by molar-refractivity contribution is -0.135. The summed E-state index contributed by atoms with van der Waals surface area (Å²) in [6.07, 6.45) is 4.73. The second-order valence-corrected chi connectivity index (χ2v) is 6.01. The third-order valence-electron chi connectivity index (χ3n) is 4.05. The Morgan fingerprint density at radius 2 is 2.04 bits per heavy atom. The Balaban J connectivity index is 1.89. The lowest BCUT2D eigenvalue weighted by Gasteiger charge is -2.24. The lowest BCUT2D eigenvalue weighted by atomic mass is 10.1. The summed E-state index contributed by atoms with van der Waals surface area (Å²) in [5.41, 5.74) is 1.91. The number of amides is 2. The highest BCUT2D eigenvalue weighted by Gasteiger charge is 2.18. The van der Waals surface area contributed by atoms with Crippen LogP contribution in [0.25, 0.3) is 0 Å². The van der Waals surface area contributed by atoms with Gasteiger partial charge in [0.25, 0.3) is 0 Å². The third kappa shape index (κ3) is 6.02. The van der Waals surface area contributed by atoms with E-state index in [1.165, 1.54) is 0 Å². The van der Waals surface area contributed by atoms with Crippen molar-refractivity contribution in [1.82, 2.24) is 10.2 Å². The molecule has 0 aromatic heterocycles. The Labute approximate surface area is 138 Å². The van der Waals surface area contributed by atoms with Crippen molar-refractivity contribution in [2.24, 2.45) is 0 Å². The zero-order valence-corrected chi connectivity index (χ0v) is 13.9. The van der Waals surface area contributed by atoms with Gasteiger partial charge in [-0.3, -0.25) is 9.59 Å². The molecule has 0 radical (unpaired) electrons. The van der Waals surface area contributed by atoms with Crippen molar-refractivity contribution < 1.29 is 9.59 Å². The van der Waals surface area contributed by atoms with Crippen molar-refractivity contribution in [1.29, 1.82) is 0 Å². The highest BCUT2D eigenvalue weighted by atomic mass is 16.2. The average molecular weight is 317 g/mol. The van der Waals surface area contributed by atoms with Crippen molar-refractivity contribution >= 4 is 17.5 Å². The molecule has 5 nitrogen and oxygen atoms in total. The van der Waals surface area contributed by atoms with Gasteiger partial charge in [-0.2, -0.15) is 0 Å². The molecule has 0 aliphatic carbocycles. The molecule has 0 saturated carbocycles. The summed E-state index contributed by atoms with van der Waals surface area (Å²) in [5, 5.41) is 6.17. The molecule has 2 amide bonds. The topological polar surface area (TPSA) is 61.4 Å². The van der Waals surface area contributed by atoms with E-state index in [0.717, 1.165) is 50.0 Å². The summed E-state index contributed by atoms with van der Waals surface area (Å²) in [7, 11) is 0. The van der Waals surface area contributed by atoms with Gasteiger partial charge in [0.2, 0.25) is 11.8 Å². The van der Waals surface area contributed by atoms with Gasteiger partial charge >= 0.3 is 0 Å². The van der Waals surface area contributed by atoms with Crippen LogP contribution in [-0.2, 0) is 16.1 Å². The standard InChI is InChI=1S/C18H27N3O2/c1-2-19-13-15-8-7-9-16(12-15)20-17(22)14-21-11-6-4-3-5-10-18(21)23/h7-9,12,19H,2-6,10-11,13-14H2,1H3,(H,20,22). The van der Waals surface area contributed by atoms with Crippen LogP contribution in [0.4, 0.5) is 5.69 Å². The van der Waals surface area contributed by atoms with Crippen LogP contribution < -0.4 is 10.6 Å². The summed E-state index contributed by atoms with van der Waals surface area (Å²) < 4.78 is 0. The first-order valence-corrected chi connectivity index (χ1v) is 8.56. The highest BCUT2D eigenvalue weighted by molar-refractivity contribution is 5.94. The minimum atomic E-state index is -0.125. The van der Waals surface area contributed by atoms with Crippen molar-refractivity contribution in [3.05, 3.63) is 29.8 Å². The molecule has 0 spiro atoms. The molecule has 1 saturated heterocycles. The Hall–Kier alpha value is -1.88. The number of rotatable bonds is 6. The molecule has 2 rings (SSSR count). The van der Waals surface area contributed by atoms with E-state index in [0.29, 0.717) is 13.0 Å². The number of benzene rings is 1. The largest absolute Gasteiger partial charge is 0.333 e. The fraction of sp³-hybridized carbons (Fsp3) is 0.556. The minimum absolute atomic E-state index is 0.0979. The van der Waals surface area contributed by atoms with Gasteiger partial charge in [-0.25, -0.2) is 0 Å². The Morgan fingerprint density at radius 3 is 2.87 bits per heavy atom. The number of hydrogen-bond acceptors (Lipinski definition) is 3. The van der Waals surface area contributed by atoms with Gasteiger partial charge in [0.15, 0.2) is 0 Å². The molecule has 126 valence electrons. The van der Waals surface area contributed by atoms with E-state index >= 15 is 0 Å². The third-order valence-corrected chi connectivity index (χ3v) is 4.05. The quantitative estimate of drug-likeness (QED) is 0.847. The maximum absolute atomic E-state index is 12.2. The van der Waals surface area contributed by atoms with Gasteiger partial charge in [0.05, 0.1) is 6.54 Å². The van der Waals surface area contributed by atoms with Gasteiger partial charge < -0.3 is 15.5 Å². The minimum Gasteiger partial charge on any atom is -0.333 e. The molecule has 1 aliphatic heterocycles. The van der Waals surface area contributed by atoms with E-state index in [1.807, 2.05) is 24.3 Å². The van der Waals surface area contributed by atoms with E-state index < -0.39 is 0 Å². The van der Waals surface area contributed by atoms with E-state index in [4.69, 9.17) is 0 Å². The van der Waals surface area contributed by atoms with Gasteiger partial charge in [0.1, 0.15) is 0 Å². The average Bonchev–Trinajstić information content (AvgIpc) is 2.53. The van der Waals surface area contributed by atoms with Gasteiger partial charge in [-0.15, -0.1) is 0 Å². The molecule has 1 aromatic rings. The Morgan fingerprint density at radius 1 is 1.22 bits per heavy atom. The Bertz CT molecular complexity index is 531. The summed E-state index contributed by atoms with van der Waals surface area (Å²) in [6.45, 7) is 4.59. The smallest absolute Gasteiger partial charge is 0.243 e. The summed E-state index contributed by atoms with van der Waals surface area (Å²) >= 11 is 0. The molecular formula is C18H27N3O2. The number of nitrogens with zero attached hydrogens (tertiary/aromatic N) is 1. The maximum Gasteiger partial charge on any atom is 0.243 e. The fourth-order valence-corrected chi connectivity index (χ4v) is 2.78. The van der Waals surface area contributed by atoms with E-state index in [9.17, 15) is 9.59 Å². The van der Waals surface area contributed by atoms with Crippen molar-refractivity contribution in [3.63, 3.8) is 0 Å². The van der Waals surface area contributed by atoms with Crippen LogP contribution in [0.5, 0.6) is 0 Å². The van der Waals surface area contributed by atoms with Crippen LogP contribution in [0, 0.1) is 0 Å². The van der Waals surface area contributed by atoms with E-state index in [-0.39, 0.29) is 18.4 Å². The molecule has 5 heteroatoms. The van der Waals surface area contributed by atoms with Crippen molar-refractivity contribution in [3.8, 4) is 0 Å². The van der Waals surface area contributed by atoms with Crippen LogP contribution in [-0.4, -0.2) is 36.3 Å². The molecular weight excluding hydrogens is 290 g/mol. The first kappa shape index (κ1) is 17.5. The Kier molecular flexibility index (Phi) is 7.07. The lowest BCUT2D eigenvalue weighted by Crippen LogP contribution is -2.39. The number of carbonyl (C=O) groups is 2. The molecule has 1 aromatic carbocycles. The molecule has 2 N–H and O–H groups in total. The van der Waals surface area contributed by atoms with Crippen LogP contribution in [0.3, 0.4) is 0 Å². The monoisotopic (exact) mass is 317 g/mol. The number of carbonyl (C=O) groups excluding carboxylic acids is 2. The SMILES string of the molecule is CCNCc1cccc(NC(=O)CN2CCCCCCC2=O)c1.